The molecule has 2 fully saturated rings. The van der Waals surface area contributed by atoms with E-state index in [0.717, 1.165) is 29.9 Å². The summed E-state index contributed by atoms with van der Waals surface area (Å²) in [6, 6.07) is 7.09. The van der Waals surface area contributed by atoms with E-state index >= 15 is 0 Å². The van der Waals surface area contributed by atoms with Crippen molar-refractivity contribution in [2.24, 2.45) is 22.9 Å². The Labute approximate surface area is 127 Å². The van der Waals surface area contributed by atoms with Gasteiger partial charge in [0.2, 0.25) is 10.0 Å². The fraction of sp³-hybridized carbons (Fsp3) is 0.625. The number of nitrogens with two attached hydrogens (primary N) is 1. The van der Waals surface area contributed by atoms with Crippen molar-refractivity contribution in [1.29, 1.82) is 0 Å². The summed E-state index contributed by atoms with van der Waals surface area (Å²) >= 11 is 0. The fourth-order valence-corrected chi connectivity index (χ4v) is 4.53. The molecule has 1 aromatic carbocycles. The van der Waals surface area contributed by atoms with Crippen LogP contribution in [-0.2, 0) is 10.0 Å². The van der Waals surface area contributed by atoms with Crippen LogP contribution in [0.4, 0.5) is 0 Å². The molecule has 0 amide bonds. The van der Waals surface area contributed by atoms with E-state index in [0.29, 0.717) is 0 Å². The van der Waals surface area contributed by atoms with Crippen molar-refractivity contribution in [3.63, 3.8) is 0 Å². The van der Waals surface area contributed by atoms with E-state index in [1.165, 1.54) is 25.7 Å². The van der Waals surface area contributed by atoms with Crippen LogP contribution in [0.5, 0.6) is 0 Å². The smallest absolute Gasteiger partial charge is 0.238 e. The largest absolute Gasteiger partial charge is 0.310 e. The van der Waals surface area contributed by atoms with Crippen molar-refractivity contribution in [2.45, 2.75) is 43.5 Å². The van der Waals surface area contributed by atoms with Crippen LogP contribution in [0.25, 0.3) is 0 Å². The van der Waals surface area contributed by atoms with Crippen LogP contribution >= 0.6 is 0 Å². The number of sulfonamides is 1. The molecule has 4 atom stereocenters. The van der Waals surface area contributed by atoms with Gasteiger partial charge in [-0.2, -0.15) is 0 Å². The average Bonchev–Trinajstić information content (AvgIpc) is 3.06. The van der Waals surface area contributed by atoms with Crippen molar-refractivity contribution >= 4 is 10.0 Å². The Hall–Kier alpha value is -0.910. The van der Waals surface area contributed by atoms with Gasteiger partial charge in [0.15, 0.2) is 0 Å². The van der Waals surface area contributed by atoms with Gasteiger partial charge >= 0.3 is 0 Å². The maximum Gasteiger partial charge on any atom is 0.238 e. The predicted octanol–water partition coefficient (Wildman–Crippen LogP) is 2.42. The standard InChI is InChI=1S/C16H24N2O2S/c1-11(13-4-6-16(7-5-13)21(17,19)20)18-10-15-9-12-2-3-14(15)8-12/h4-7,11-12,14-15,18H,2-3,8-10H2,1H3,(H2,17,19,20). The topological polar surface area (TPSA) is 72.2 Å². The van der Waals surface area contributed by atoms with Crippen molar-refractivity contribution in [3.8, 4) is 0 Å². The molecule has 2 saturated carbocycles. The minimum atomic E-state index is -3.60. The lowest BCUT2D eigenvalue weighted by Crippen LogP contribution is -2.28. The number of hydrogen-bond acceptors (Lipinski definition) is 3. The Morgan fingerprint density at radius 3 is 2.48 bits per heavy atom. The lowest BCUT2D eigenvalue weighted by molar-refractivity contribution is 0.309. The molecule has 0 radical (unpaired) electrons. The number of rotatable bonds is 5. The van der Waals surface area contributed by atoms with Gasteiger partial charge in [-0.3, -0.25) is 0 Å². The highest BCUT2D eigenvalue weighted by molar-refractivity contribution is 7.89. The van der Waals surface area contributed by atoms with Gasteiger partial charge < -0.3 is 5.32 Å². The van der Waals surface area contributed by atoms with Crippen molar-refractivity contribution in [2.75, 3.05) is 6.54 Å². The minimum absolute atomic E-state index is 0.173. The van der Waals surface area contributed by atoms with Crippen molar-refractivity contribution < 1.29 is 8.42 Å². The summed E-state index contributed by atoms with van der Waals surface area (Å²) in [5.41, 5.74) is 1.10. The van der Waals surface area contributed by atoms with Crippen LogP contribution in [0.2, 0.25) is 0 Å². The number of fused-ring (bicyclic) bond motifs is 2. The van der Waals surface area contributed by atoms with Gasteiger partial charge in [-0.05, 0) is 68.2 Å². The molecule has 0 aliphatic heterocycles. The van der Waals surface area contributed by atoms with Crippen LogP contribution in [0.15, 0.2) is 29.2 Å². The molecular weight excluding hydrogens is 284 g/mol. The summed E-state index contributed by atoms with van der Waals surface area (Å²) < 4.78 is 22.5. The third kappa shape index (κ3) is 3.30. The quantitative estimate of drug-likeness (QED) is 0.877. The van der Waals surface area contributed by atoms with Crippen molar-refractivity contribution in [3.05, 3.63) is 29.8 Å². The van der Waals surface area contributed by atoms with E-state index in [-0.39, 0.29) is 10.9 Å². The van der Waals surface area contributed by atoms with Gasteiger partial charge in [-0.25, -0.2) is 13.6 Å². The maximum absolute atomic E-state index is 11.2. The molecule has 3 rings (SSSR count). The Bertz CT molecular complexity index is 597. The first kappa shape index (κ1) is 15.0. The van der Waals surface area contributed by atoms with E-state index in [4.69, 9.17) is 5.14 Å². The second-order valence-corrected chi connectivity index (χ2v) is 8.24. The van der Waals surface area contributed by atoms with Crippen LogP contribution in [0.3, 0.4) is 0 Å². The molecule has 0 saturated heterocycles. The Morgan fingerprint density at radius 1 is 1.24 bits per heavy atom. The SMILES string of the molecule is CC(NCC1CC2CCC1C2)c1ccc(S(N)(=O)=O)cc1. The lowest BCUT2D eigenvalue weighted by atomic mass is 9.88. The molecule has 4 unspecified atom stereocenters. The zero-order valence-electron chi connectivity index (χ0n) is 12.5. The van der Waals surface area contributed by atoms with Gasteiger partial charge in [0, 0.05) is 6.04 Å². The molecule has 2 aliphatic rings. The zero-order chi connectivity index (χ0) is 15.0. The Morgan fingerprint density at radius 2 is 1.95 bits per heavy atom. The molecule has 0 aromatic heterocycles. The minimum Gasteiger partial charge on any atom is -0.310 e. The summed E-state index contributed by atoms with van der Waals surface area (Å²) in [7, 11) is -3.60. The molecule has 5 heteroatoms. The molecule has 0 heterocycles. The summed E-state index contributed by atoms with van der Waals surface area (Å²) in [5.74, 6) is 2.74. The van der Waals surface area contributed by atoms with Gasteiger partial charge in [0.1, 0.15) is 0 Å². The molecule has 3 N–H and O–H groups in total. The zero-order valence-corrected chi connectivity index (χ0v) is 13.3. The lowest BCUT2D eigenvalue weighted by Gasteiger charge is -2.24. The van der Waals surface area contributed by atoms with E-state index in [9.17, 15) is 8.42 Å². The molecular formula is C16H24N2O2S. The summed E-state index contributed by atoms with van der Waals surface area (Å²) in [6.45, 7) is 3.19. The average molecular weight is 308 g/mol. The van der Waals surface area contributed by atoms with Gasteiger partial charge in [0.05, 0.1) is 4.90 Å². The number of benzene rings is 1. The number of hydrogen-bond donors (Lipinski definition) is 2. The van der Waals surface area contributed by atoms with Crippen LogP contribution in [0.1, 0.15) is 44.2 Å². The first-order valence-corrected chi connectivity index (χ1v) is 9.34. The van der Waals surface area contributed by atoms with E-state index < -0.39 is 10.0 Å². The molecule has 4 nitrogen and oxygen atoms in total. The highest BCUT2D eigenvalue weighted by atomic mass is 32.2. The van der Waals surface area contributed by atoms with E-state index in [2.05, 4.69) is 12.2 Å². The number of primary sulfonamides is 1. The molecule has 0 spiro atoms. The first-order chi connectivity index (χ1) is 9.93. The first-order valence-electron chi connectivity index (χ1n) is 7.79. The van der Waals surface area contributed by atoms with E-state index in [1.54, 1.807) is 12.1 Å². The van der Waals surface area contributed by atoms with Gasteiger partial charge in [-0.15, -0.1) is 0 Å². The fourth-order valence-electron chi connectivity index (χ4n) is 4.02. The third-order valence-electron chi connectivity index (χ3n) is 5.28. The summed E-state index contributed by atoms with van der Waals surface area (Å²) in [4.78, 5) is 0.173. The molecule has 21 heavy (non-hydrogen) atoms. The number of nitrogens with one attached hydrogen (secondary N) is 1. The maximum atomic E-state index is 11.2. The normalized spacial score (nSPS) is 29.7. The summed E-state index contributed by atoms with van der Waals surface area (Å²) in [5, 5.41) is 8.72. The van der Waals surface area contributed by atoms with E-state index in [1.807, 2.05) is 12.1 Å². The third-order valence-corrected chi connectivity index (χ3v) is 6.21. The van der Waals surface area contributed by atoms with Gasteiger partial charge in [-0.1, -0.05) is 18.6 Å². The molecule has 1 aromatic rings. The highest BCUT2D eigenvalue weighted by Crippen LogP contribution is 2.48. The Balaban J connectivity index is 1.57. The molecule has 2 aliphatic carbocycles. The summed E-state index contributed by atoms with van der Waals surface area (Å²) in [6.07, 6.45) is 5.67. The molecule has 116 valence electrons. The molecule has 2 bridgehead atoms. The van der Waals surface area contributed by atoms with Crippen LogP contribution in [0, 0.1) is 17.8 Å². The predicted molar refractivity (Wildman–Crippen MR) is 83.2 cm³/mol. The monoisotopic (exact) mass is 308 g/mol. The van der Waals surface area contributed by atoms with Crippen LogP contribution < -0.4 is 10.5 Å². The van der Waals surface area contributed by atoms with Crippen molar-refractivity contribution in [1.82, 2.24) is 5.32 Å². The second-order valence-electron chi connectivity index (χ2n) is 6.68. The van der Waals surface area contributed by atoms with Crippen LogP contribution in [-0.4, -0.2) is 15.0 Å². The highest BCUT2D eigenvalue weighted by Gasteiger charge is 2.39. The Kier molecular flexibility index (Phi) is 4.08. The van der Waals surface area contributed by atoms with Gasteiger partial charge in [0.25, 0.3) is 0 Å². The second kappa shape index (κ2) is 5.71.